The molecule has 3 aromatic rings. The molecule has 182 valence electrons. The van der Waals surface area contributed by atoms with Gasteiger partial charge < -0.3 is 19.7 Å². The van der Waals surface area contributed by atoms with Crippen LogP contribution in [-0.4, -0.2) is 44.1 Å². The summed E-state index contributed by atoms with van der Waals surface area (Å²) in [6.45, 7) is 1.72. The van der Waals surface area contributed by atoms with Crippen molar-refractivity contribution in [2.24, 2.45) is 0 Å². The third-order valence-corrected chi connectivity index (χ3v) is 5.84. The second kappa shape index (κ2) is 10.9. The first-order chi connectivity index (χ1) is 16.9. The Bertz CT molecular complexity index is 1160. The van der Waals surface area contributed by atoms with Crippen LogP contribution in [0, 0.1) is 5.82 Å². The zero-order valence-electron chi connectivity index (χ0n) is 19.8. The molecule has 1 N–H and O–H groups in total. The van der Waals surface area contributed by atoms with Crippen LogP contribution < -0.4 is 19.7 Å². The first-order valence-corrected chi connectivity index (χ1v) is 11.4. The van der Waals surface area contributed by atoms with E-state index < -0.39 is 0 Å². The zero-order chi connectivity index (χ0) is 24.8. The smallest absolute Gasteiger partial charge is 0.324 e. The highest BCUT2D eigenvalue weighted by Crippen LogP contribution is 2.26. The summed E-state index contributed by atoms with van der Waals surface area (Å²) in [4.78, 5) is 29.1. The van der Waals surface area contributed by atoms with Gasteiger partial charge in [-0.05, 0) is 66.1 Å². The molecule has 3 amide bonds. The number of methoxy groups -OCH3 is 2. The molecule has 0 aromatic heterocycles. The molecule has 0 atom stereocenters. The van der Waals surface area contributed by atoms with E-state index in [0.717, 1.165) is 23.2 Å². The van der Waals surface area contributed by atoms with Crippen molar-refractivity contribution in [1.82, 2.24) is 4.90 Å². The summed E-state index contributed by atoms with van der Waals surface area (Å²) < 4.78 is 23.7. The third-order valence-electron chi connectivity index (χ3n) is 5.84. The van der Waals surface area contributed by atoms with Gasteiger partial charge >= 0.3 is 6.03 Å². The van der Waals surface area contributed by atoms with Crippen LogP contribution >= 0.6 is 0 Å². The van der Waals surface area contributed by atoms with Crippen molar-refractivity contribution < 1.29 is 23.5 Å². The standard InChI is InChI=1S/C27H28FN3O4/c1-34-24-14-20(15-25(17-24)35-2)18-30-12-3-13-31(27(30)33)23-10-8-22(9-11-23)29-26(32)16-19-4-6-21(28)7-5-19/h4-11,14-15,17H,3,12-13,16,18H2,1-2H3,(H,29,32). The van der Waals surface area contributed by atoms with Crippen LogP contribution in [0.5, 0.6) is 11.5 Å². The molecule has 0 saturated carbocycles. The lowest BCUT2D eigenvalue weighted by molar-refractivity contribution is -0.115. The molecular weight excluding hydrogens is 449 g/mol. The predicted octanol–water partition coefficient (Wildman–Crippen LogP) is 4.86. The fourth-order valence-corrected chi connectivity index (χ4v) is 4.06. The number of urea groups is 1. The van der Waals surface area contributed by atoms with E-state index in [2.05, 4.69) is 5.32 Å². The van der Waals surface area contributed by atoms with E-state index in [1.165, 1.54) is 12.1 Å². The molecular formula is C27H28FN3O4. The van der Waals surface area contributed by atoms with Gasteiger partial charge in [-0.2, -0.15) is 0 Å². The number of nitrogens with one attached hydrogen (secondary N) is 1. The van der Waals surface area contributed by atoms with Gasteiger partial charge in [-0.1, -0.05) is 12.1 Å². The number of carbonyl (C=O) groups is 2. The molecule has 1 heterocycles. The largest absolute Gasteiger partial charge is 0.497 e. The topological polar surface area (TPSA) is 71.1 Å². The van der Waals surface area contributed by atoms with Gasteiger partial charge in [0.2, 0.25) is 5.91 Å². The number of hydrogen-bond acceptors (Lipinski definition) is 4. The molecule has 0 spiro atoms. The molecule has 3 aromatic carbocycles. The van der Waals surface area contributed by atoms with Gasteiger partial charge in [0.15, 0.2) is 0 Å². The molecule has 0 aliphatic carbocycles. The monoisotopic (exact) mass is 477 g/mol. The predicted molar refractivity (Wildman–Crippen MR) is 132 cm³/mol. The number of rotatable bonds is 8. The molecule has 1 aliphatic rings. The molecule has 1 aliphatic heterocycles. The van der Waals surface area contributed by atoms with E-state index >= 15 is 0 Å². The first kappa shape index (κ1) is 24.1. The lowest BCUT2D eigenvalue weighted by atomic mass is 10.1. The Morgan fingerprint density at radius 3 is 2.20 bits per heavy atom. The average Bonchev–Trinajstić information content (AvgIpc) is 2.87. The van der Waals surface area contributed by atoms with Crippen LogP contribution in [0.1, 0.15) is 17.5 Å². The minimum atomic E-state index is -0.334. The van der Waals surface area contributed by atoms with Crippen LogP contribution in [0.25, 0.3) is 0 Å². The maximum atomic E-state index is 13.2. The van der Waals surface area contributed by atoms with E-state index in [1.54, 1.807) is 54.4 Å². The Morgan fingerprint density at radius 2 is 1.57 bits per heavy atom. The zero-order valence-corrected chi connectivity index (χ0v) is 19.8. The van der Waals surface area contributed by atoms with E-state index in [-0.39, 0.29) is 24.2 Å². The van der Waals surface area contributed by atoms with Crippen LogP contribution in [0.2, 0.25) is 0 Å². The van der Waals surface area contributed by atoms with Crippen molar-refractivity contribution in [2.45, 2.75) is 19.4 Å². The molecule has 0 bridgehead atoms. The fraction of sp³-hybridized carbons (Fsp3) is 0.259. The molecule has 35 heavy (non-hydrogen) atoms. The minimum absolute atomic E-state index is 0.0777. The van der Waals surface area contributed by atoms with Crippen molar-refractivity contribution in [1.29, 1.82) is 0 Å². The highest BCUT2D eigenvalue weighted by Gasteiger charge is 2.27. The highest BCUT2D eigenvalue weighted by atomic mass is 19.1. The SMILES string of the molecule is COc1cc(CN2CCCN(c3ccc(NC(=O)Cc4ccc(F)cc4)cc3)C2=O)cc(OC)c1. The van der Waals surface area contributed by atoms with Gasteiger partial charge in [-0.3, -0.25) is 9.69 Å². The van der Waals surface area contributed by atoms with Crippen molar-refractivity contribution >= 4 is 23.3 Å². The number of benzene rings is 3. The fourth-order valence-electron chi connectivity index (χ4n) is 4.06. The van der Waals surface area contributed by atoms with E-state index in [0.29, 0.717) is 36.8 Å². The molecule has 4 rings (SSSR count). The Hall–Kier alpha value is -4.07. The summed E-state index contributed by atoms with van der Waals surface area (Å²) in [5, 5.41) is 2.84. The van der Waals surface area contributed by atoms with Crippen LogP contribution in [-0.2, 0) is 17.8 Å². The molecule has 1 fully saturated rings. The summed E-state index contributed by atoms with van der Waals surface area (Å²) >= 11 is 0. The highest BCUT2D eigenvalue weighted by molar-refractivity contribution is 5.94. The van der Waals surface area contributed by atoms with Gasteiger partial charge in [0.1, 0.15) is 17.3 Å². The molecule has 1 saturated heterocycles. The van der Waals surface area contributed by atoms with Crippen molar-refractivity contribution in [2.75, 3.05) is 37.5 Å². The summed E-state index contributed by atoms with van der Waals surface area (Å²) in [6, 6.07) is 18.6. The third kappa shape index (κ3) is 6.09. The number of ether oxygens (including phenoxy) is 2. The van der Waals surface area contributed by atoms with E-state index in [1.807, 2.05) is 24.3 Å². The molecule has 0 unspecified atom stereocenters. The van der Waals surface area contributed by atoms with E-state index in [4.69, 9.17) is 9.47 Å². The van der Waals surface area contributed by atoms with Gasteiger partial charge in [-0.15, -0.1) is 0 Å². The van der Waals surface area contributed by atoms with Gasteiger partial charge in [-0.25, -0.2) is 9.18 Å². The van der Waals surface area contributed by atoms with Crippen LogP contribution in [0.15, 0.2) is 66.7 Å². The number of amides is 3. The van der Waals surface area contributed by atoms with Gasteiger partial charge in [0.05, 0.1) is 20.6 Å². The van der Waals surface area contributed by atoms with Gasteiger partial charge in [0, 0.05) is 37.1 Å². The Balaban J connectivity index is 1.39. The Kier molecular flexibility index (Phi) is 7.50. The summed E-state index contributed by atoms with van der Waals surface area (Å²) in [6.07, 6.45) is 0.986. The van der Waals surface area contributed by atoms with E-state index in [9.17, 15) is 14.0 Å². The lowest BCUT2D eigenvalue weighted by Gasteiger charge is -2.35. The first-order valence-electron chi connectivity index (χ1n) is 11.4. The molecule has 8 heteroatoms. The van der Waals surface area contributed by atoms with Crippen molar-refractivity contribution in [3.05, 3.63) is 83.7 Å². The van der Waals surface area contributed by atoms with Crippen molar-refractivity contribution in [3.8, 4) is 11.5 Å². The molecule has 0 radical (unpaired) electrons. The number of nitrogens with zero attached hydrogens (tertiary/aromatic N) is 2. The second-order valence-electron chi connectivity index (χ2n) is 8.33. The number of halogens is 1. The Morgan fingerprint density at radius 1 is 0.914 bits per heavy atom. The average molecular weight is 478 g/mol. The number of anilines is 2. The number of carbonyl (C=O) groups excluding carboxylic acids is 2. The minimum Gasteiger partial charge on any atom is -0.497 e. The summed E-state index contributed by atoms with van der Waals surface area (Å²) in [7, 11) is 3.20. The maximum Gasteiger partial charge on any atom is 0.324 e. The van der Waals surface area contributed by atoms with Gasteiger partial charge in [0.25, 0.3) is 0 Å². The second-order valence-corrected chi connectivity index (χ2v) is 8.33. The maximum absolute atomic E-state index is 13.2. The summed E-state index contributed by atoms with van der Waals surface area (Å²) in [5.74, 6) is 0.826. The Labute approximate surface area is 204 Å². The van der Waals surface area contributed by atoms with Crippen LogP contribution in [0.4, 0.5) is 20.6 Å². The molecule has 7 nitrogen and oxygen atoms in total. The lowest BCUT2D eigenvalue weighted by Crippen LogP contribution is -2.49. The van der Waals surface area contributed by atoms with Crippen LogP contribution in [0.3, 0.4) is 0 Å². The summed E-state index contributed by atoms with van der Waals surface area (Å²) in [5.41, 5.74) is 3.05. The van der Waals surface area contributed by atoms with Crippen molar-refractivity contribution in [3.63, 3.8) is 0 Å². The normalized spacial score (nSPS) is 13.5. The number of hydrogen-bond donors (Lipinski definition) is 1. The quantitative estimate of drug-likeness (QED) is 0.503.